The Morgan fingerprint density at radius 1 is 1.17 bits per heavy atom. The summed E-state index contributed by atoms with van der Waals surface area (Å²) in [5, 5.41) is 5.26. The summed E-state index contributed by atoms with van der Waals surface area (Å²) < 4.78 is 4.94. The number of hydrogen-bond donors (Lipinski definition) is 0. The van der Waals surface area contributed by atoms with Crippen molar-refractivity contribution in [1.82, 2.24) is 19.2 Å². The van der Waals surface area contributed by atoms with Gasteiger partial charge in [-0.15, -0.1) is 0 Å². The average Bonchev–Trinajstić information content (AvgIpc) is 3.34. The van der Waals surface area contributed by atoms with Gasteiger partial charge in [0.2, 0.25) is 0 Å². The second-order valence-electron chi connectivity index (χ2n) is 6.28. The van der Waals surface area contributed by atoms with Crippen LogP contribution in [-0.2, 0) is 6.67 Å². The summed E-state index contributed by atoms with van der Waals surface area (Å²) in [6.45, 7) is 4.78. The first-order chi connectivity index (χ1) is 11.2. The summed E-state index contributed by atoms with van der Waals surface area (Å²) in [5.74, 6) is 0. The maximum Gasteiger partial charge on any atom is 0.199 e. The Labute approximate surface area is 146 Å². The molecule has 23 heavy (non-hydrogen) atoms. The minimum atomic E-state index is 0.593. The Morgan fingerprint density at radius 2 is 1.96 bits per heavy atom. The Balaban J connectivity index is 1.37. The van der Waals surface area contributed by atoms with Gasteiger partial charge in [-0.1, -0.05) is 17.7 Å². The van der Waals surface area contributed by atoms with Crippen LogP contribution in [0.2, 0.25) is 5.02 Å². The van der Waals surface area contributed by atoms with Gasteiger partial charge in [0.05, 0.1) is 6.67 Å². The zero-order valence-electron chi connectivity index (χ0n) is 12.9. The molecule has 1 aromatic carbocycles. The van der Waals surface area contributed by atoms with E-state index in [2.05, 4.69) is 25.5 Å². The number of nitrogens with zero attached hydrogens (tertiary/aromatic N) is 5. The van der Waals surface area contributed by atoms with E-state index in [9.17, 15) is 0 Å². The number of aromatic nitrogens is 3. The summed E-state index contributed by atoms with van der Waals surface area (Å²) in [7, 11) is 0. The summed E-state index contributed by atoms with van der Waals surface area (Å²) in [6, 6.07) is 8.67. The van der Waals surface area contributed by atoms with E-state index in [0.29, 0.717) is 6.04 Å². The standard InChI is InChI=1S/C16H20ClN5S/c17-13-2-1-3-15(10-13)20-8-6-19(7-9-20)12-22-16(23)21(11-18-22)14-4-5-14/h1-3,10-11,14H,4-9,12H2. The lowest BCUT2D eigenvalue weighted by Gasteiger charge is -2.35. The maximum atomic E-state index is 6.09. The summed E-state index contributed by atoms with van der Waals surface area (Å²) >= 11 is 11.6. The predicted octanol–water partition coefficient (Wildman–Crippen LogP) is 3.18. The van der Waals surface area contributed by atoms with E-state index in [4.69, 9.17) is 23.8 Å². The first kappa shape index (κ1) is 15.2. The predicted molar refractivity (Wildman–Crippen MR) is 94.6 cm³/mol. The molecule has 0 unspecified atom stereocenters. The highest BCUT2D eigenvalue weighted by atomic mass is 35.5. The topological polar surface area (TPSA) is 29.2 Å². The van der Waals surface area contributed by atoms with E-state index in [1.807, 2.05) is 29.2 Å². The normalized spacial score (nSPS) is 19.3. The van der Waals surface area contributed by atoms with Gasteiger partial charge >= 0.3 is 0 Å². The van der Waals surface area contributed by atoms with E-state index in [1.165, 1.54) is 18.5 Å². The highest BCUT2D eigenvalue weighted by molar-refractivity contribution is 7.71. The van der Waals surface area contributed by atoms with Gasteiger partial charge in [-0.2, -0.15) is 5.10 Å². The molecular weight excluding hydrogens is 330 g/mol. The quantitative estimate of drug-likeness (QED) is 0.793. The molecule has 0 bridgehead atoms. The third-order valence-corrected chi connectivity index (χ3v) is 5.23. The molecule has 0 spiro atoms. The highest BCUT2D eigenvalue weighted by Crippen LogP contribution is 2.34. The van der Waals surface area contributed by atoms with E-state index in [0.717, 1.165) is 42.6 Å². The molecule has 2 heterocycles. The number of piperazine rings is 1. The Morgan fingerprint density at radius 3 is 2.65 bits per heavy atom. The van der Waals surface area contributed by atoms with Crippen molar-refractivity contribution in [3.05, 3.63) is 40.4 Å². The third-order valence-electron chi connectivity index (χ3n) is 4.58. The summed E-state index contributed by atoms with van der Waals surface area (Å²) in [4.78, 5) is 4.78. The van der Waals surface area contributed by atoms with Gasteiger partial charge in [0.25, 0.3) is 0 Å². The molecule has 7 heteroatoms. The molecule has 0 amide bonds. The van der Waals surface area contributed by atoms with Gasteiger partial charge in [-0.3, -0.25) is 4.90 Å². The van der Waals surface area contributed by atoms with Crippen LogP contribution < -0.4 is 4.90 Å². The molecule has 1 aromatic heterocycles. The Bertz CT molecular complexity index is 743. The molecule has 1 saturated heterocycles. The highest BCUT2D eigenvalue weighted by Gasteiger charge is 2.25. The first-order valence-electron chi connectivity index (χ1n) is 8.07. The number of halogens is 1. The number of benzene rings is 1. The monoisotopic (exact) mass is 349 g/mol. The Hall–Kier alpha value is -1.37. The first-order valence-corrected chi connectivity index (χ1v) is 8.86. The third kappa shape index (κ3) is 3.29. The molecule has 2 aromatic rings. The molecule has 4 rings (SSSR count). The van der Waals surface area contributed by atoms with Crippen LogP contribution in [0.25, 0.3) is 0 Å². The molecule has 1 saturated carbocycles. The molecule has 1 aliphatic carbocycles. The fraction of sp³-hybridized carbons (Fsp3) is 0.500. The van der Waals surface area contributed by atoms with Crippen molar-refractivity contribution in [3.8, 4) is 0 Å². The van der Waals surface area contributed by atoms with Crippen LogP contribution in [0.5, 0.6) is 0 Å². The van der Waals surface area contributed by atoms with Crippen molar-refractivity contribution in [1.29, 1.82) is 0 Å². The summed E-state index contributed by atoms with van der Waals surface area (Å²) in [5.41, 5.74) is 1.20. The van der Waals surface area contributed by atoms with Crippen LogP contribution in [0.15, 0.2) is 30.6 Å². The van der Waals surface area contributed by atoms with Crippen LogP contribution in [0.4, 0.5) is 5.69 Å². The van der Waals surface area contributed by atoms with Gasteiger partial charge in [-0.05, 0) is 43.3 Å². The molecule has 5 nitrogen and oxygen atoms in total. The largest absolute Gasteiger partial charge is 0.369 e. The molecule has 122 valence electrons. The number of anilines is 1. The van der Waals surface area contributed by atoms with E-state index in [1.54, 1.807) is 0 Å². The lowest BCUT2D eigenvalue weighted by atomic mass is 10.2. The van der Waals surface area contributed by atoms with E-state index < -0.39 is 0 Å². The second-order valence-corrected chi connectivity index (χ2v) is 7.08. The van der Waals surface area contributed by atoms with Gasteiger partial charge in [0.1, 0.15) is 6.33 Å². The van der Waals surface area contributed by atoms with E-state index in [-0.39, 0.29) is 0 Å². The SMILES string of the molecule is S=c1n(C2CC2)cnn1CN1CCN(c2cccc(Cl)c2)CC1. The molecule has 0 radical (unpaired) electrons. The van der Waals surface area contributed by atoms with Crippen molar-refractivity contribution in [2.24, 2.45) is 0 Å². The van der Waals surface area contributed by atoms with Crippen molar-refractivity contribution in [2.45, 2.75) is 25.6 Å². The van der Waals surface area contributed by atoms with Crippen LogP contribution in [0, 0.1) is 4.77 Å². The zero-order valence-corrected chi connectivity index (χ0v) is 14.5. The van der Waals surface area contributed by atoms with Gasteiger partial charge < -0.3 is 9.47 Å². The van der Waals surface area contributed by atoms with Crippen molar-refractivity contribution in [2.75, 3.05) is 31.1 Å². The molecular formula is C16H20ClN5S. The second kappa shape index (κ2) is 6.26. The Kier molecular flexibility index (Phi) is 4.13. The van der Waals surface area contributed by atoms with Crippen LogP contribution >= 0.6 is 23.8 Å². The maximum absolute atomic E-state index is 6.09. The van der Waals surface area contributed by atoms with Crippen molar-refractivity contribution in [3.63, 3.8) is 0 Å². The molecule has 0 atom stereocenters. The van der Waals surface area contributed by atoms with Crippen molar-refractivity contribution >= 4 is 29.5 Å². The van der Waals surface area contributed by atoms with Crippen LogP contribution in [0.3, 0.4) is 0 Å². The molecule has 2 aliphatic rings. The van der Waals surface area contributed by atoms with Crippen molar-refractivity contribution < 1.29 is 0 Å². The smallest absolute Gasteiger partial charge is 0.199 e. The van der Waals surface area contributed by atoms with Gasteiger partial charge in [0, 0.05) is 42.9 Å². The average molecular weight is 350 g/mol. The molecule has 1 aliphatic heterocycles. The lowest BCUT2D eigenvalue weighted by Crippen LogP contribution is -2.47. The fourth-order valence-electron chi connectivity index (χ4n) is 3.06. The van der Waals surface area contributed by atoms with Gasteiger partial charge in [0.15, 0.2) is 4.77 Å². The zero-order chi connectivity index (χ0) is 15.8. The minimum Gasteiger partial charge on any atom is -0.369 e. The lowest BCUT2D eigenvalue weighted by molar-refractivity contribution is 0.194. The number of hydrogen-bond acceptors (Lipinski definition) is 4. The minimum absolute atomic E-state index is 0.593. The van der Waals surface area contributed by atoms with Crippen LogP contribution in [-0.4, -0.2) is 45.4 Å². The number of rotatable bonds is 4. The molecule has 2 fully saturated rings. The summed E-state index contributed by atoms with van der Waals surface area (Å²) in [6.07, 6.45) is 4.36. The molecule has 0 N–H and O–H groups in total. The van der Waals surface area contributed by atoms with E-state index >= 15 is 0 Å². The fourth-order valence-corrected chi connectivity index (χ4v) is 3.55. The van der Waals surface area contributed by atoms with Crippen LogP contribution in [0.1, 0.15) is 18.9 Å². The van der Waals surface area contributed by atoms with Gasteiger partial charge in [-0.25, -0.2) is 4.68 Å².